The lowest BCUT2D eigenvalue weighted by molar-refractivity contribution is -0.129. The quantitative estimate of drug-likeness (QED) is 0.811. The van der Waals surface area contributed by atoms with Gasteiger partial charge < -0.3 is 10.2 Å². The summed E-state index contributed by atoms with van der Waals surface area (Å²) in [4.78, 5) is 24.9. The molecule has 1 aromatic carbocycles. The molecule has 0 radical (unpaired) electrons. The number of nitrogens with zero attached hydrogens (tertiary/aromatic N) is 1. The minimum absolute atomic E-state index is 0.0859. The van der Waals surface area contributed by atoms with E-state index in [-0.39, 0.29) is 11.8 Å². The molecule has 0 aromatic heterocycles. The molecule has 0 atom stereocenters. The van der Waals surface area contributed by atoms with Gasteiger partial charge in [0.2, 0.25) is 11.8 Å². The van der Waals surface area contributed by atoms with Gasteiger partial charge in [-0.15, -0.1) is 0 Å². The van der Waals surface area contributed by atoms with E-state index in [4.69, 9.17) is 0 Å². The molecule has 2 amide bonds. The number of anilines is 1. The fourth-order valence-corrected chi connectivity index (χ4v) is 1.90. The van der Waals surface area contributed by atoms with E-state index in [1.807, 2.05) is 26.0 Å². The van der Waals surface area contributed by atoms with Gasteiger partial charge in [-0.2, -0.15) is 0 Å². The molecule has 0 aliphatic heterocycles. The topological polar surface area (TPSA) is 49.4 Å². The molecule has 0 spiro atoms. The van der Waals surface area contributed by atoms with E-state index in [1.54, 1.807) is 17.0 Å². The highest BCUT2D eigenvalue weighted by Gasteiger charge is 2.12. The lowest BCUT2D eigenvalue weighted by atomic mass is 10.1. The summed E-state index contributed by atoms with van der Waals surface area (Å²) in [6.45, 7) is 10.5. The van der Waals surface area contributed by atoms with Crippen molar-refractivity contribution in [3.8, 4) is 0 Å². The van der Waals surface area contributed by atoms with Crippen LogP contribution < -0.4 is 5.32 Å². The molecule has 1 rings (SSSR count). The largest absolute Gasteiger partial charge is 0.339 e. The maximum Gasteiger partial charge on any atom is 0.227 e. The standard InChI is InChI=1S/C16H22N2O2/c1-5-18(11-12(2)3)16(20)10-14-6-8-15(9-7-14)17-13(4)19/h6-9H,2,5,10-11H2,1,3-4H3,(H,17,19). The van der Waals surface area contributed by atoms with Crippen molar-refractivity contribution in [3.63, 3.8) is 0 Å². The van der Waals surface area contributed by atoms with Gasteiger partial charge >= 0.3 is 0 Å². The summed E-state index contributed by atoms with van der Waals surface area (Å²) in [5.41, 5.74) is 2.65. The van der Waals surface area contributed by atoms with Crippen molar-refractivity contribution in [1.82, 2.24) is 4.90 Å². The first-order valence-electron chi connectivity index (χ1n) is 6.71. The first-order chi connectivity index (χ1) is 9.42. The molecule has 0 bridgehead atoms. The molecule has 0 aliphatic carbocycles. The van der Waals surface area contributed by atoms with Crippen molar-refractivity contribution in [2.24, 2.45) is 0 Å². The van der Waals surface area contributed by atoms with E-state index >= 15 is 0 Å². The average Bonchev–Trinajstić information content (AvgIpc) is 2.37. The van der Waals surface area contributed by atoms with Crippen LogP contribution in [0.2, 0.25) is 0 Å². The SMILES string of the molecule is C=C(C)CN(CC)C(=O)Cc1ccc(NC(C)=O)cc1. The number of nitrogens with one attached hydrogen (secondary N) is 1. The molecule has 1 N–H and O–H groups in total. The Kier molecular flexibility index (Phi) is 5.97. The fraction of sp³-hybridized carbons (Fsp3) is 0.375. The Morgan fingerprint density at radius 3 is 2.25 bits per heavy atom. The Morgan fingerprint density at radius 1 is 1.20 bits per heavy atom. The van der Waals surface area contributed by atoms with E-state index in [0.717, 1.165) is 16.8 Å². The minimum Gasteiger partial charge on any atom is -0.339 e. The Morgan fingerprint density at radius 2 is 1.80 bits per heavy atom. The van der Waals surface area contributed by atoms with Gasteiger partial charge in [0.15, 0.2) is 0 Å². The lowest BCUT2D eigenvalue weighted by Crippen LogP contribution is -2.33. The van der Waals surface area contributed by atoms with Crippen LogP contribution in [0.25, 0.3) is 0 Å². The maximum absolute atomic E-state index is 12.2. The zero-order valence-electron chi connectivity index (χ0n) is 12.4. The Hall–Kier alpha value is -2.10. The molecule has 20 heavy (non-hydrogen) atoms. The Balaban J connectivity index is 2.65. The minimum atomic E-state index is -0.104. The van der Waals surface area contributed by atoms with Gasteiger partial charge in [-0.05, 0) is 31.5 Å². The van der Waals surface area contributed by atoms with Crippen molar-refractivity contribution in [3.05, 3.63) is 42.0 Å². The van der Waals surface area contributed by atoms with Crippen LogP contribution in [-0.4, -0.2) is 29.8 Å². The monoisotopic (exact) mass is 274 g/mol. The van der Waals surface area contributed by atoms with Crippen LogP contribution in [0.5, 0.6) is 0 Å². The average molecular weight is 274 g/mol. The van der Waals surface area contributed by atoms with Crippen LogP contribution in [0.1, 0.15) is 26.3 Å². The molecule has 0 saturated heterocycles. The summed E-state index contributed by atoms with van der Waals surface area (Å²) < 4.78 is 0. The first kappa shape index (κ1) is 16.0. The first-order valence-corrected chi connectivity index (χ1v) is 6.71. The molecule has 0 saturated carbocycles. The summed E-state index contributed by atoms with van der Waals surface area (Å²) in [6, 6.07) is 7.33. The van der Waals surface area contributed by atoms with E-state index in [1.165, 1.54) is 6.92 Å². The highest BCUT2D eigenvalue weighted by molar-refractivity contribution is 5.88. The molecular weight excluding hydrogens is 252 g/mol. The van der Waals surface area contributed by atoms with Gasteiger partial charge in [-0.1, -0.05) is 24.3 Å². The van der Waals surface area contributed by atoms with E-state index in [9.17, 15) is 9.59 Å². The number of carbonyl (C=O) groups excluding carboxylic acids is 2. The van der Waals surface area contributed by atoms with Crippen LogP contribution in [0.4, 0.5) is 5.69 Å². The van der Waals surface area contributed by atoms with Crippen molar-refractivity contribution in [1.29, 1.82) is 0 Å². The number of hydrogen-bond acceptors (Lipinski definition) is 2. The van der Waals surface area contributed by atoms with Gasteiger partial charge in [0.25, 0.3) is 0 Å². The summed E-state index contributed by atoms with van der Waals surface area (Å²) in [6.07, 6.45) is 0.363. The summed E-state index contributed by atoms with van der Waals surface area (Å²) in [5, 5.41) is 2.70. The smallest absolute Gasteiger partial charge is 0.227 e. The molecule has 108 valence electrons. The van der Waals surface area contributed by atoms with Crippen molar-refractivity contribution in [2.75, 3.05) is 18.4 Å². The molecule has 4 nitrogen and oxygen atoms in total. The van der Waals surface area contributed by atoms with Crippen LogP contribution in [0.3, 0.4) is 0 Å². The highest BCUT2D eigenvalue weighted by atomic mass is 16.2. The van der Waals surface area contributed by atoms with Crippen LogP contribution in [0.15, 0.2) is 36.4 Å². The predicted molar refractivity (Wildman–Crippen MR) is 81.5 cm³/mol. The fourth-order valence-electron chi connectivity index (χ4n) is 1.90. The predicted octanol–water partition coefficient (Wildman–Crippen LogP) is 2.61. The van der Waals surface area contributed by atoms with Crippen LogP contribution >= 0.6 is 0 Å². The van der Waals surface area contributed by atoms with Gasteiger partial charge in [0.05, 0.1) is 6.42 Å². The number of benzene rings is 1. The molecule has 4 heteroatoms. The molecular formula is C16H22N2O2. The number of hydrogen-bond donors (Lipinski definition) is 1. The van der Waals surface area contributed by atoms with Crippen LogP contribution in [-0.2, 0) is 16.0 Å². The highest BCUT2D eigenvalue weighted by Crippen LogP contribution is 2.11. The van der Waals surface area contributed by atoms with E-state index < -0.39 is 0 Å². The molecule has 0 fully saturated rings. The second kappa shape index (κ2) is 7.48. The van der Waals surface area contributed by atoms with Crippen molar-refractivity contribution in [2.45, 2.75) is 27.2 Å². The van der Waals surface area contributed by atoms with Gasteiger partial charge in [0, 0.05) is 25.7 Å². The Labute approximate surface area is 120 Å². The van der Waals surface area contributed by atoms with Crippen LogP contribution in [0, 0.1) is 0 Å². The number of likely N-dealkylation sites (N-methyl/N-ethyl adjacent to an activating group) is 1. The lowest BCUT2D eigenvalue weighted by Gasteiger charge is -2.21. The number of carbonyl (C=O) groups is 2. The van der Waals surface area contributed by atoms with Gasteiger partial charge in [0.1, 0.15) is 0 Å². The van der Waals surface area contributed by atoms with Gasteiger partial charge in [-0.3, -0.25) is 9.59 Å². The van der Waals surface area contributed by atoms with E-state index in [2.05, 4.69) is 11.9 Å². The Bertz CT molecular complexity index is 492. The second-order valence-corrected chi connectivity index (χ2v) is 4.92. The molecule has 0 heterocycles. The summed E-state index contributed by atoms with van der Waals surface area (Å²) in [5.74, 6) is -0.0183. The summed E-state index contributed by atoms with van der Waals surface area (Å²) >= 11 is 0. The third kappa shape index (κ3) is 5.26. The normalized spacial score (nSPS) is 9.95. The summed E-state index contributed by atoms with van der Waals surface area (Å²) in [7, 11) is 0. The zero-order valence-corrected chi connectivity index (χ0v) is 12.4. The van der Waals surface area contributed by atoms with Gasteiger partial charge in [-0.25, -0.2) is 0 Å². The number of amides is 2. The van der Waals surface area contributed by atoms with E-state index in [0.29, 0.717) is 19.5 Å². The third-order valence-electron chi connectivity index (χ3n) is 2.82. The third-order valence-corrected chi connectivity index (χ3v) is 2.82. The zero-order chi connectivity index (χ0) is 15.1. The molecule has 0 aliphatic rings. The molecule has 1 aromatic rings. The maximum atomic E-state index is 12.2. The second-order valence-electron chi connectivity index (χ2n) is 4.92. The van der Waals surface area contributed by atoms with Crippen molar-refractivity contribution < 1.29 is 9.59 Å². The number of rotatable bonds is 6. The van der Waals surface area contributed by atoms with Crippen molar-refractivity contribution >= 4 is 17.5 Å². The molecule has 0 unspecified atom stereocenters.